The summed E-state index contributed by atoms with van der Waals surface area (Å²) in [5, 5.41) is 9.18. The third-order valence-electron chi connectivity index (χ3n) is 4.68. The molecule has 1 fully saturated rings. The van der Waals surface area contributed by atoms with Crippen LogP contribution in [0, 0.1) is 11.3 Å². The molecule has 1 aliphatic rings. The van der Waals surface area contributed by atoms with Gasteiger partial charge in [0.1, 0.15) is 0 Å². The van der Waals surface area contributed by atoms with Crippen molar-refractivity contribution in [2.75, 3.05) is 26.4 Å². The van der Waals surface area contributed by atoms with Crippen LogP contribution in [-0.4, -0.2) is 67.0 Å². The van der Waals surface area contributed by atoms with Gasteiger partial charge in [-0.1, -0.05) is 20.8 Å². The van der Waals surface area contributed by atoms with Gasteiger partial charge in [-0.3, -0.25) is 9.59 Å². The maximum Gasteiger partial charge on any atom is 0.304 e. The van der Waals surface area contributed by atoms with Crippen molar-refractivity contribution in [2.45, 2.75) is 52.5 Å². The molecule has 0 radical (unpaired) electrons. The molecular weight excluding hydrogens is 332 g/mol. The first kappa shape index (κ1) is 20.9. The van der Waals surface area contributed by atoms with E-state index in [0.717, 1.165) is 0 Å². The Morgan fingerprint density at radius 1 is 1.29 bits per heavy atom. The molecule has 7 nitrogen and oxygen atoms in total. The second-order valence-corrected chi connectivity index (χ2v) is 9.52. The number of nitrogens with zero attached hydrogens (tertiary/aromatic N) is 2. The number of carboxylic acid groups (broad SMARTS) is 1. The molecule has 1 aliphatic heterocycles. The van der Waals surface area contributed by atoms with Gasteiger partial charge in [-0.25, -0.2) is 12.7 Å². The summed E-state index contributed by atoms with van der Waals surface area (Å²) in [6.07, 6.45) is 2.64. The highest BCUT2D eigenvalue weighted by Gasteiger charge is 2.40. The molecule has 0 aromatic heterocycles. The highest BCUT2D eigenvalue weighted by molar-refractivity contribution is 7.88. The lowest BCUT2D eigenvalue weighted by Gasteiger charge is -2.40. The molecule has 0 saturated carbocycles. The fourth-order valence-corrected chi connectivity index (χ4v) is 4.50. The monoisotopic (exact) mass is 362 g/mol. The number of hydrogen-bond donors (Lipinski definition) is 1. The van der Waals surface area contributed by atoms with Gasteiger partial charge in [0.2, 0.25) is 15.9 Å². The Kier molecular flexibility index (Phi) is 6.81. The number of hydrogen-bond acceptors (Lipinski definition) is 4. The Morgan fingerprint density at radius 2 is 1.79 bits per heavy atom. The second kappa shape index (κ2) is 7.82. The molecule has 0 bridgehead atoms. The minimum absolute atomic E-state index is 0.0595. The van der Waals surface area contributed by atoms with Crippen LogP contribution in [-0.2, 0) is 19.6 Å². The molecule has 1 heterocycles. The molecule has 1 amide bonds. The van der Waals surface area contributed by atoms with Gasteiger partial charge in [-0.05, 0) is 25.2 Å². The Balaban J connectivity index is 2.83. The van der Waals surface area contributed by atoms with Crippen molar-refractivity contribution in [1.29, 1.82) is 0 Å². The summed E-state index contributed by atoms with van der Waals surface area (Å²) in [6, 6.07) is -0.0595. The fraction of sp³-hybridized carbons (Fsp3) is 0.875. The molecule has 0 aromatic carbocycles. The van der Waals surface area contributed by atoms with Crippen LogP contribution >= 0.6 is 0 Å². The summed E-state index contributed by atoms with van der Waals surface area (Å²) < 4.78 is 24.6. The van der Waals surface area contributed by atoms with Gasteiger partial charge in [0.05, 0.1) is 18.1 Å². The van der Waals surface area contributed by atoms with Crippen LogP contribution in [0.1, 0.15) is 46.5 Å². The van der Waals surface area contributed by atoms with Crippen molar-refractivity contribution >= 4 is 21.9 Å². The zero-order valence-corrected chi connectivity index (χ0v) is 16.1. The first-order chi connectivity index (χ1) is 10.9. The van der Waals surface area contributed by atoms with E-state index in [4.69, 9.17) is 0 Å². The van der Waals surface area contributed by atoms with Crippen LogP contribution in [0.5, 0.6) is 0 Å². The standard InChI is InChI=1S/C16H30N2O5S/c1-12(2)10-16(3,11-14(19)20)15(21)17(4)13-6-8-18(9-7-13)24(5,22)23/h12-13H,6-11H2,1-5H3,(H,19,20). The smallest absolute Gasteiger partial charge is 0.304 e. The van der Waals surface area contributed by atoms with E-state index in [9.17, 15) is 23.1 Å². The van der Waals surface area contributed by atoms with Gasteiger partial charge in [-0.15, -0.1) is 0 Å². The Hall–Kier alpha value is -1.15. The van der Waals surface area contributed by atoms with E-state index < -0.39 is 21.4 Å². The number of carbonyl (C=O) groups excluding carboxylic acids is 1. The molecule has 140 valence electrons. The quantitative estimate of drug-likeness (QED) is 0.738. The van der Waals surface area contributed by atoms with Gasteiger partial charge in [-0.2, -0.15) is 0 Å². The van der Waals surface area contributed by atoms with Crippen molar-refractivity contribution in [3.63, 3.8) is 0 Å². The highest BCUT2D eigenvalue weighted by atomic mass is 32.2. The zero-order valence-electron chi connectivity index (χ0n) is 15.3. The lowest BCUT2D eigenvalue weighted by Crippen LogP contribution is -2.51. The molecule has 1 saturated heterocycles. The third-order valence-corrected chi connectivity index (χ3v) is 5.98. The maximum absolute atomic E-state index is 12.9. The summed E-state index contributed by atoms with van der Waals surface area (Å²) >= 11 is 0. The molecule has 1 rings (SSSR count). The second-order valence-electron chi connectivity index (χ2n) is 7.54. The molecule has 24 heavy (non-hydrogen) atoms. The number of amides is 1. The maximum atomic E-state index is 12.9. The topological polar surface area (TPSA) is 95.0 Å². The summed E-state index contributed by atoms with van der Waals surface area (Å²) in [5.74, 6) is -0.943. The Labute approximate surface area is 145 Å². The first-order valence-corrected chi connectivity index (χ1v) is 10.2. The third kappa shape index (κ3) is 5.44. The molecule has 1 atom stereocenters. The molecule has 0 spiro atoms. The minimum Gasteiger partial charge on any atom is -0.481 e. The van der Waals surface area contributed by atoms with Crippen molar-refractivity contribution in [2.24, 2.45) is 11.3 Å². The van der Waals surface area contributed by atoms with Crippen LogP contribution in [0.25, 0.3) is 0 Å². The van der Waals surface area contributed by atoms with E-state index in [-0.39, 0.29) is 24.3 Å². The van der Waals surface area contributed by atoms with Crippen LogP contribution in [0.15, 0.2) is 0 Å². The number of sulfonamides is 1. The van der Waals surface area contributed by atoms with Gasteiger partial charge in [0.25, 0.3) is 0 Å². The number of aliphatic carboxylic acids is 1. The lowest BCUT2D eigenvalue weighted by molar-refractivity contribution is -0.151. The zero-order chi connectivity index (χ0) is 18.7. The van der Waals surface area contributed by atoms with E-state index >= 15 is 0 Å². The Bertz CT molecular complexity index is 567. The lowest BCUT2D eigenvalue weighted by atomic mass is 9.77. The van der Waals surface area contributed by atoms with Crippen LogP contribution < -0.4 is 0 Å². The normalized spacial score (nSPS) is 19.9. The van der Waals surface area contributed by atoms with E-state index in [2.05, 4.69) is 0 Å². The molecule has 1 N–H and O–H groups in total. The molecule has 8 heteroatoms. The van der Waals surface area contributed by atoms with Crippen molar-refractivity contribution in [3.05, 3.63) is 0 Å². The summed E-state index contributed by atoms with van der Waals surface area (Å²) in [4.78, 5) is 25.8. The van der Waals surface area contributed by atoms with E-state index in [0.29, 0.717) is 32.4 Å². The molecule has 0 aliphatic carbocycles. The number of carbonyl (C=O) groups is 2. The van der Waals surface area contributed by atoms with Gasteiger partial charge in [0.15, 0.2) is 0 Å². The number of carboxylic acids is 1. The number of piperidine rings is 1. The average Bonchev–Trinajstić information content (AvgIpc) is 2.43. The first-order valence-electron chi connectivity index (χ1n) is 8.31. The van der Waals surface area contributed by atoms with Crippen molar-refractivity contribution in [3.8, 4) is 0 Å². The number of rotatable bonds is 7. The van der Waals surface area contributed by atoms with Gasteiger partial charge in [0, 0.05) is 26.2 Å². The summed E-state index contributed by atoms with van der Waals surface area (Å²) in [5.41, 5.74) is -0.942. The van der Waals surface area contributed by atoms with Crippen molar-refractivity contribution in [1.82, 2.24) is 9.21 Å². The van der Waals surface area contributed by atoms with Crippen molar-refractivity contribution < 1.29 is 23.1 Å². The highest BCUT2D eigenvalue weighted by Crippen LogP contribution is 2.33. The fourth-order valence-electron chi connectivity index (χ4n) is 3.62. The minimum atomic E-state index is -3.20. The summed E-state index contributed by atoms with van der Waals surface area (Å²) in [6.45, 7) is 6.43. The predicted octanol–water partition coefficient (Wildman–Crippen LogP) is 1.40. The molecular formula is C16H30N2O5S. The van der Waals surface area contributed by atoms with Crippen LogP contribution in [0.3, 0.4) is 0 Å². The van der Waals surface area contributed by atoms with E-state index in [1.165, 1.54) is 10.6 Å². The van der Waals surface area contributed by atoms with Gasteiger partial charge < -0.3 is 10.0 Å². The van der Waals surface area contributed by atoms with Crippen LogP contribution in [0.4, 0.5) is 0 Å². The van der Waals surface area contributed by atoms with Gasteiger partial charge >= 0.3 is 5.97 Å². The molecule has 1 unspecified atom stereocenters. The predicted molar refractivity (Wildman–Crippen MR) is 92.0 cm³/mol. The Morgan fingerprint density at radius 3 is 2.17 bits per heavy atom. The average molecular weight is 362 g/mol. The summed E-state index contributed by atoms with van der Waals surface area (Å²) in [7, 11) is -1.51. The SMILES string of the molecule is CC(C)CC(C)(CC(=O)O)C(=O)N(C)C1CCN(S(C)(=O)=O)CC1. The van der Waals surface area contributed by atoms with E-state index in [1.54, 1.807) is 18.9 Å². The largest absolute Gasteiger partial charge is 0.481 e. The van der Waals surface area contributed by atoms with E-state index in [1.807, 2.05) is 13.8 Å². The van der Waals surface area contributed by atoms with Crippen LogP contribution in [0.2, 0.25) is 0 Å². The molecule has 0 aromatic rings.